The van der Waals surface area contributed by atoms with Gasteiger partial charge in [-0.15, -0.1) is 5.10 Å². The van der Waals surface area contributed by atoms with Crippen molar-refractivity contribution in [3.63, 3.8) is 0 Å². The molecule has 0 radical (unpaired) electrons. The zero-order chi connectivity index (χ0) is 19.2. The van der Waals surface area contributed by atoms with Crippen LogP contribution in [0.25, 0.3) is 17.1 Å². The van der Waals surface area contributed by atoms with Gasteiger partial charge >= 0.3 is 0 Å². The van der Waals surface area contributed by atoms with Gasteiger partial charge in [0, 0.05) is 31.7 Å². The van der Waals surface area contributed by atoms with Crippen molar-refractivity contribution in [2.75, 3.05) is 39.4 Å². The van der Waals surface area contributed by atoms with Crippen LogP contribution in [0.3, 0.4) is 0 Å². The van der Waals surface area contributed by atoms with Crippen molar-refractivity contribution in [3.05, 3.63) is 66.5 Å². The summed E-state index contributed by atoms with van der Waals surface area (Å²) in [5, 5.41) is 7.41. The van der Waals surface area contributed by atoms with Gasteiger partial charge in [0.05, 0.1) is 18.9 Å². The minimum atomic E-state index is -0.264. The van der Waals surface area contributed by atoms with E-state index in [0.29, 0.717) is 12.4 Å². The minimum Gasteiger partial charge on any atom is -0.379 e. The van der Waals surface area contributed by atoms with E-state index >= 15 is 0 Å². The van der Waals surface area contributed by atoms with E-state index in [-0.39, 0.29) is 11.7 Å². The maximum Gasteiger partial charge on any atom is 0.291 e. The van der Waals surface area contributed by atoms with Crippen LogP contribution in [0.2, 0.25) is 0 Å². The molecule has 1 saturated heterocycles. The maximum absolute atomic E-state index is 12.6. The van der Waals surface area contributed by atoms with Crippen LogP contribution in [0.15, 0.2) is 60.7 Å². The van der Waals surface area contributed by atoms with Crippen molar-refractivity contribution in [3.8, 4) is 17.1 Å². The van der Waals surface area contributed by atoms with Crippen LogP contribution in [0.4, 0.5) is 0 Å². The van der Waals surface area contributed by atoms with Crippen LogP contribution in [0.5, 0.6) is 0 Å². The Morgan fingerprint density at radius 1 is 1.00 bits per heavy atom. The summed E-state index contributed by atoms with van der Waals surface area (Å²) < 4.78 is 7.06. The van der Waals surface area contributed by atoms with Crippen molar-refractivity contribution in [1.29, 1.82) is 0 Å². The second-order valence-electron chi connectivity index (χ2n) is 6.58. The molecular formula is C21H23N5O2. The Morgan fingerprint density at radius 2 is 1.68 bits per heavy atom. The van der Waals surface area contributed by atoms with Gasteiger partial charge in [-0.2, -0.15) is 0 Å². The second-order valence-corrected chi connectivity index (χ2v) is 6.58. The first-order valence-electron chi connectivity index (χ1n) is 9.47. The summed E-state index contributed by atoms with van der Waals surface area (Å²) in [6.45, 7) is 4.64. The Kier molecular flexibility index (Phi) is 5.75. The highest BCUT2D eigenvalue weighted by molar-refractivity contribution is 5.91. The molecule has 1 aliphatic heterocycles. The normalized spacial score (nSPS) is 14.7. The van der Waals surface area contributed by atoms with E-state index in [1.54, 1.807) is 4.68 Å². The number of morpholine rings is 1. The van der Waals surface area contributed by atoms with E-state index in [1.165, 1.54) is 0 Å². The second kappa shape index (κ2) is 8.77. The molecule has 0 atom stereocenters. The highest BCUT2D eigenvalue weighted by Crippen LogP contribution is 2.20. The number of carbonyl (C=O) groups excluding carboxylic acids is 1. The van der Waals surface area contributed by atoms with E-state index < -0.39 is 0 Å². The number of aromatic nitrogens is 3. The number of carbonyl (C=O) groups is 1. The molecule has 144 valence electrons. The van der Waals surface area contributed by atoms with Gasteiger partial charge < -0.3 is 10.1 Å². The fourth-order valence-corrected chi connectivity index (χ4v) is 3.16. The van der Waals surface area contributed by atoms with E-state index in [2.05, 4.69) is 20.3 Å². The van der Waals surface area contributed by atoms with E-state index in [0.717, 1.165) is 44.1 Å². The molecule has 1 fully saturated rings. The van der Waals surface area contributed by atoms with Crippen molar-refractivity contribution in [1.82, 2.24) is 25.0 Å². The monoisotopic (exact) mass is 377 g/mol. The highest BCUT2D eigenvalue weighted by atomic mass is 16.5. The van der Waals surface area contributed by atoms with Gasteiger partial charge in [0.25, 0.3) is 5.91 Å². The average molecular weight is 377 g/mol. The zero-order valence-electron chi connectivity index (χ0n) is 15.6. The molecule has 3 aromatic rings. The number of ether oxygens (including phenoxy) is 1. The van der Waals surface area contributed by atoms with Crippen molar-refractivity contribution in [2.45, 2.75) is 0 Å². The molecule has 2 heterocycles. The Morgan fingerprint density at radius 3 is 2.39 bits per heavy atom. The number of para-hydroxylation sites is 1. The predicted molar refractivity (Wildman–Crippen MR) is 106 cm³/mol. The van der Waals surface area contributed by atoms with E-state index in [4.69, 9.17) is 4.74 Å². The average Bonchev–Trinajstić information content (AvgIpc) is 3.21. The van der Waals surface area contributed by atoms with Crippen LogP contribution in [-0.2, 0) is 4.74 Å². The first-order valence-corrected chi connectivity index (χ1v) is 9.47. The number of amides is 1. The van der Waals surface area contributed by atoms with Gasteiger partial charge in [-0.1, -0.05) is 48.5 Å². The predicted octanol–water partition coefficient (Wildman–Crippen LogP) is 2.00. The summed E-state index contributed by atoms with van der Waals surface area (Å²) in [7, 11) is 0. The van der Waals surface area contributed by atoms with Gasteiger partial charge in [0.15, 0.2) is 5.82 Å². The molecule has 1 N–H and O–H groups in total. The van der Waals surface area contributed by atoms with Crippen LogP contribution < -0.4 is 5.32 Å². The molecule has 2 aromatic carbocycles. The largest absolute Gasteiger partial charge is 0.379 e. The van der Waals surface area contributed by atoms with Gasteiger partial charge in [-0.05, 0) is 12.1 Å². The summed E-state index contributed by atoms with van der Waals surface area (Å²) >= 11 is 0. The number of nitrogens with zero attached hydrogens (tertiary/aromatic N) is 4. The molecule has 0 saturated carbocycles. The Balaban J connectivity index is 1.52. The SMILES string of the molecule is O=C(NCCN1CCOCC1)c1nc(-c2ccccc2)n(-c2ccccc2)n1. The summed E-state index contributed by atoms with van der Waals surface area (Å²) in [6.07, 6.45) is 0. The van der Waals surface area contributed by atoms with Crippen LogP contribution in [0.1, 0.15) is 10.6 Å². The lowest BCUT2D eigenvalue weighted by Crippen LogP contribution is -2.41. The number of hydrogen-bond acceptors (Lipinski definition) is 5. The molecule has 0 unspecified atom stereocenters. The van der Waals surface area contributed by atoms with Crippen molar-refractivity contribution < 1.29 is 9.53 Å². The molecule has 0 spiro atoms. The molecule has 1 aliphatic rings. The molecule has 7 nitrogen and oxygen atoms in total. The first-order chi connectivity index (χ1) is 13.8. The van der Waals surface area contributed by atoms with Crippen molar-refractivity contribution >= 4 is 5.91 Å². The lowest BCUT2D eigenvalue weighted by molar-refractivity contribution is 0.0383. The molecule has 28 heavy (non-hydrogen) atoms. The Bertz CT molecular complexity index is 848. The van der Waals surface area contributed by atoms with E-state index in [1.807, 2.05) is 60.7 Å². The molecular weight excluding hydrogens is 354 g/mol. The first kappa shape index (κ1) is 18.3. The van der Waals surface area contributed by atoms with Gasteiger partial charge in [-0.25, -0.2) is 9.67 Å². The van der Waals surface area contributed by atoms with Crippen LogP contribution in [0, 0.1) is 0 Å². The van der Waals surface area contributed by atoms with Crippen LogP contribution >= 0.6 is 0 Å². The van der Waals surface area contributed by atoms with Crippen molar-refractivity contribution in [2.24, 2.45) is 0 Å². The molecule has 7 heteroatoms. The Hall–Kier alpha value is -3.03. The third-order valence-electron chi connectivity index (χ3n) is 4.66. The highest BCUT2D eigenvalue weighted by Gasteiger charge is 2.19. The smallest absolute Gasteiger partial charge is 0.291 e. The fraction of sp³-hybridized carbons (Fsp3) is 0.286. The number of rotatable bonds is 6. The molecule has 4 rings (SSSR count). The number of nitrogens with one attached hydrogen (secondary N) is 1. The van der Waals surface area contributed by atoms with Gasteiger partial charge in [0.1, 0.15) is 0 Å². The molecule has 1 aromatic heterocycles. The topological polar surface area (TPSA) is 72.3 Å². The summed E-state index contributed by atoms with van der Waals surface area (Å²) in [5.41, 5.74) is 1.77. The molecule has 0 bridgehead atoms. The standard InChI is InChI=1S/C21H23N5O2/c27-21(22-11-12-25-13-15-28-16-14-25)19-23-20(17-7-3-1-4-8-17)26(24-19)18-9-5-2-6-10-18/h1-10H,11-16H2,(H,22,27). The van der Waals surface area contributed by atoms with Crippen LogP contribution in [-0.4, -0.2) is 65.0 Å². The third-order valence-corrected chi connectivity index (χ3v) is 4.66. The summed E-state index contributed by atoms with van der Waals surface area (Å²) in [5.74, 6) is 0.551. The minimum absolute atomic E-state index is 0.171. The lowest BCUT2D eigenvalue weighted by atomic mass is 10.2. The lowest BCUT2D eigenvalue weighted by Gasteiger charge is -2.26. The van der Waals surface area contributed by atoms with Gasteiger partial charge in [-0.3, -0.25) is 9.69 Å². The number of hydrogen-bond donors (Lipinski definition) is 1. The zero-order valence-corrected chi connectivity index (χ0v) is 15.6. The maximum atomic E-state index is 12.6. The Labute approximate surface area is 164 Å². The fourth-order valence-electron chi connectivity index (χ4n) is 3.16. The summed E-state index contributed by atoms with van der Waals surface area (Å²) in [4.78, 5) is 19.4. The quantitative estimate of drug-likeness (QED) is 0.711. The van der Waals surface area contributed by atoms with Gasteiger partial charge in [0.2, 0.25) is 5.82 Å². The third kappa shape index (κ3) is 4.27. The molecule has 1 amide bonds. The van der Waals surface area contributed by atoms with E-state index in [9.17, 15) is 4.79 Å². The molecule has 0 aliphatic carbocycles. The summed E-state index contributed by atoms with van der Waals surface area (Å²) in [6, 6.07) is 19.5. The number of benzene rings is 2.